The zero-order valence-electron chi connectivity index (χ0n) is 13.8. The molecule has 2 atom stereocenters. The lowest BCUT2D eigenvalue weighted by Gasteiger charge is -2.30. The Bertz CT molecular complexity index is 594. The zero-order chi connectivity index (χ0) is 17.5. The number of carbonyl (C=O) groups excluding carboxylic acids is 2. The molecule has 0 saturated heterocycles. The molecule has 1 fully saturated rings. The van der Waals surface area contributed by atoms with Crippen LogP contribution >= 0.6 is 11.6 Å². The maximum atomic E-state index is 12.3. The first-order chi connectivity index (χ1) is 11.5. The van der Waals surface area contributed by atoms with Gasteiger partial charge in [0.1, 0.15) is 5.75 Å². The second-order valence-corrected chi connectivity index (χ2v) is 6.42. The molecule has 0 aromatic heterocycles. The van der Waals surface area contributed by atoms with Crippen LogP contribution in [-0.4, -0.2) is 24.6 Å². The van der Waals surface area contributed by atoms with E-state index in [1.807, 2.05) is 6.92 Å². The van der Waals surface area contributed by atoms with Gasteiger partial charge >= 0.3 is 6.03 Å². The first-order valence-corrected chi connectivity index (χ1v) is 8.68. The molecule has 1 aliphatic carbocycles. The van der Waals surface area contributed by atoms with Gasteiger partial charge in [0.25, 0.3) is 0 Å². The molecule has 7 heteroatoms. The summed E-state index contributed by atoms with van der Waals surface area (Å²) < 4.78 is 5.62. The van der Waals surface area contributed by atoms with Gasteiger partial charge in [0.2, 0.25) is 5.91 Å². The molecule has 2 unspecified atom stereocenters. The van der Waals surface area contributed by atoms with Gasteiger partial charge in [0.05, 0.1) is 18.2 Å². The zero-order valence-corrected chi connectivity index (χ0v) is 14.6. The number of carbonyl (C=O) groups is 2. The van der Waals surface area contributed by atoms with E-state index >= 15 is 0 Å². The molecule has 0 heterocycles. The van der Waals surface area contributed by atoms with Gasteiger partial charge in [-0.05, 0) is 37.5 Å². The Hall–Kier alpha value is -1.95. The van der Waals surface area contributed by atoms with Crippen LogP contribution in [-0.2, 0) is 4.79 Å². The predicted molar refractivity (Wildman–Crippen MR) is 94.3 cm³/mol. The number of hydrogen-bond acceptors (Lipinski definition) is 3. The SMILES string of the molecule is CCCOc1ccc(Cl)cc1NC(=O)NC1CCCCC1C(N)=O. The summed E-state index contributed by atoms with van der Waals surface area (Å²) in [6, 6.07) is 4.44. The van der Waals surface area contributed by atoms with E-state index in [0.717, 1.165) is 25.7 Å². The van der Waals surface area contributed by atoms with Gasteiger partial charge in [-0.25, -0.2) is 4.79 Å². The Morgan fingerprint density at radius 1 is 1.33 bits per heavy atom. The van der Waals surface area contributed by atoms with E-state index in [0.29, 0.717) is 29.5 Å². The summed E-state index contributed by atoms with van der Waals surface area (Å²) in [7, 11) is 0. The highest BCUT2D eigenvalue weighted by atomic mass is 35.5. The van der Waals surface area contributed by atoms with Crippen molar-refractivity contribution in [2.24, 2.45) is 11.7 Å². The monoisotopic (exact) mass is 353 g/mol. The molecule has 6 nitrogen and oxygen atoms in total. The van der Waals surface area contributed by atoms with Gasteiger partial charge in [0, 0.05) is 11.1 Å². The highest BCUT2D eigenvalue weighted by Gasteiger charge is 2.30. The Balaban J connectivity index is 2.03. The van der Waals surface area contributed by atoms with Crippen LogP contribution in [0, 0.1) is 5.92 Å². The number of hydrogen-bond donors (Lipinski definition) is 3. The number of anilines is 1. The van der Waals surface area contributed by atoms with Crippen molar-refractivity contribution >= 4 is 29.2 Å². The van der Waals surface area contributed by atoms with Crippen LogP contribution in [0.3, 0.4) is 0 Å². The van der Waals surface area contributed by atoms with Crippen molar-refractivity contribution in [3.63, 3.8) is 0 Å². The topological polar surface area (TPSA) is 93.4 Å². The van der Waals surface area contributed by atoms with Crippen molar-refractivity contribution in [2.75, 3.05) is 11.9 Å². The number of halogens is 1. The largest absolute Gasteiger partial charge is 0.491 e. The minimum Gasteiger partial charge on any atom is -0.491 e. The molecule has 0 aliphatic heterocycles. The van der Waals surface area contributed by atoms with Crippen LogP contribution in [0.1, 0.15) is 39.0 Å². The predicted octanol–water partition coefficient (Wildman–Crippen LogP) is 3.29. The summed E-state index contributed by atoms with van der Waals surface area (Å²) in [4.78, 5) is 23.8. The molecule has 132 valence electrons. The summed E-state index contributed by atoms with van der Waals surface area (Å²) in [5, 5.41) is 6.11. The van der Waals surface area contributed by atoms with Gasteiger partial charge in [-0.15, -0.1) is 0 Å². The number of amides is 3. The maximum Gasteiger partial charge on any atom is 0.319 e. The summed E-state index contributed by atoms with van der Waals surface area (Å²) in [6.45, 7) is 2.55. The van der Waals surface area contributed by atoms with E-state index in [9.17, 15) is 9.59 Å². The average molecular weight is 354 g/mol. The maximum absolute atomic E-state index is 12.3. The molecule has 1 aliphatic rings. The van der Waals surface area contributed by atoms with Crippen molar-refractivity contribution in [2.45, 2.75) is 45.1 Å². The number of urea groups is 1. The highest BCUT2D eigenvalue weighted by molar-refractivity contribution is 6.31. The average Bonchev–Trinajstić information content (AvgIpc) is 2.54. The first-order valence-electron chi connectivity index (χ1n) is 8.30. The highest BCUT2D eigenvalue weighted by Crippen LogP contribution is 2.29. The standard InChI is InChI=1S/C17H24ClN3O3/c1-2-9-24-15-8-7-11(18)10-14(15)21-17(23)20-13-6-4-3-5-12(13)16(19)22/h7-8,10,12-13H,2-6,9H2,1H3,(H2,19,22)(H2,20,21,23). The minimum atomic E-state index is -0.392. The number of benzene rings is 1. The summed E-state index contributed by atoms with van der Waals surface area (Å²) in [6.07, 6.45) is 4.24. The molecule has 24 heavy (non-hydrogen) atoms. The third-order valence-electron chi connectivity index (χ3n) is 4.10. The number of ether oxygens (including phenoxy) is 1. The summed E-state index contributed by atoms with van der Waals surface area (Å²) >= 11 is 6.00. The Morgan fingerprint density at radius 2 is 2.08 bits per heavy atom. The van der Waals surface area contributed by atoms with E-state index in [1.54, 1.807) is 18.2 Å². The van der Waals surface area contributed by atoms with Gasteiger partial charge in [-0.2, -0.15) is 0 Å². The van der Waals surface area contributed by atoms with Gasteiger partial charge in [-0.1, -0.05) is 31.4 Å². The van der Waals surface area contributed by atoms with E-state index < -0.39 is 6.03 Å². The van der Waals surface area contributed by atoms with Crippen molar-refractivity contribution in [3.05, 3.63) is 23.2 Å². The van der Waals surface area contributed by atoms with E-state index in [4.69, 9.17) is 22.1 Å². The normalized spacial score (nSPS) is 20.2. The number of nitrogens with one attached hydrogen (secondary N) is 2. The van der Waals surface area contributed by atoms with Crippen molar-refractivity contribution in [1.29, 1.82) is 0 Å². The van der Waals surface area contributed by atoms with Gasteiger partial charge in [-0.3, -0.25) is 4.79 Å². The Labute approximate surface area is 147 Å². The van der Waals surface area contributed by atoms with E-state index in [-0.39, 0.29) is 17.9 Å². The smallest absolute Gasteiger partial charge is 0.319 e. The molecule has 0 radical (unpaired) electrons. The molecule has 1 aromatic carbocycles. The lowest BCUT2D eigenvalue weighted by atomic mass is 9.84. The van der Waals surface area contributed by atoms with E-state index in [2.05, 4.69) is 10.6 Å². The van der Waals surface area contributed by atoms with Gasteiger partial charge < -0.3 is 21.1 Å². The van der Waals surface area contributed by atoms with Crippen molar-refractivity contribution in [3.8, 4) is 5.75 Å². The Morgan fingerprint density at radius 3 is 2.79 bits per heavy atom. The second-order valence-electron chi connectivity index (χ2n) is 5.99. The van der Waals surface area contributed by atoms with Crippen LogP contribution in [0.15, 0.2) is 18.2 Å². The molecule has 3 amide bonds. The first kappa shape index (κ1) is 18.4. The fraction of sp³-hybridized carbons (Fsp3) is 0.529. The summed E-state index contributed by atoms with van der Waals surface area (Å²) in [5.41, 5.74) is 5.94. The Kier molecular flexibility index (Phi) is 6.73. The quantitative estimate of drug-likeness (QED) is 0.732. The number of rotatable bonds is 6. The molecule has 0 bridgehead atoms. The van der Waals surface area contributed by atoms with Crippen molar-refractivity contribution < 1.29 is 14.3 Å². The molecule has 1 saturated carbocycles. The fourth-order valence-electron chi connectivity index (χ4n) is 2.91. The third-order valence-corrected chi connectivity index (χ3v) is 4.33. The molecule has 2 rings (SSSR count). The molecule has 0 spiro atoms. The van der Waals surface area contributed by atoms with Gasteiger partial charge in [0.15, 0.2) is 0 Å². The third kappa shape index (κ3) is 5.03. The number of nitrogens with two attached hydrogens (primary N) is 1. The second kappa shape index (κ2) is 8.78. The molecule has 1 aromatic rings. The number of primary amides is 1. The van der Waals surface area contributed by atoms with E-state index in [1.165, 1.54) is 0 Å². The van der Waals surface area contributed by atoms with Crippen LogP contribution in [0.2, 0.25) is 5.02 Å². The minimum absolute atomic E-state index is 0.240. The molecular formula is C17H24ClN3O3. The molecule has 4 N–H and O–H groups in total. The van der Waals surface area contributed by atoms with Crippen LogP contribution in [0.25, 0.3) is 0 Å². The fourth-order valence-corrected chi connectivity index (χ4v) is 3.08. The van der Waals surface area contributed by atoms with Crippen LogP contribution < -0.4 is 21.1 Å². The molecular weight excluding hydrogens is 330 g/mol. The van der Waals surface area contributed by atoms with Crippen LogP contribution in [0.5, 0.6) is 5.75 Å². The summed E-state index contributed by atoms with van der Waals surface area (Å²) in [5.74, 6) is -0.124. The lowest BCUT2D eigenvalue weighted by molar-refractivity contribution is -0.123. The van der Waals surface area contributed by atoms with Crippen LogP contribution in [0.4, 0.5) is 10.5 Å². The lowest BCUT2D eigenvalue weighted by Crippen LogP contribution is -2.48. The van der Waals surface area contributed by atoms with Crippen molar-refractivity contribution in [1.82, 2.24) is 5.32 Å².